The normalized spacial score (nSPS) is 25.3. The first kappa shape index (κ1) is 30.1. The van der Waals surface area contributed by atoms with Crippen molar-refractivity contribution in [2.24, 2.45) is 5.73 Å². The number of benzene rings is 2. The van der Waals surface area contributed by atoms with Gasteiger partial charge in [-0.25, -0.2) is 13.8 Å². The van der Waals surface area contributed by atoms with Crippen LogP contribution in [0.5, 0.6) is 17.6 Å². The number of aromatic hydroxyl groups is 1. The Labute approximate surface area is 271 Å². The summed E-state index contributed by atoms with van der Waals surface area (Å²) in [5.41, 5.74) is 5.82. The number of phenolic OH excluding ortho intramolecular Hbond substituents is 1. The number of nitrogens with zero attached hydrogens (tertiary/aromatic N) is 5. The second-order valence-corrected chi connectivity index (χ2v) is 13.1. The van der Waals surface area contributed by atoms with Gasteiger partial charge in [0.2, 0.25) is 5.88 Å². The van der Waals surface area contributed by atoms with E-state index in [2.05, 4.69) is 37.9 Å². The summed E-state index contributed by atoms with van der Waals surface area (Å²) < 4.78 is 44.8. The highest BCUT2D eigenvalue weighted by molar-refractivity contribution is 6.04. The smallest absolute Gasteiger partial charge is 0.319 e. The third-order valence-electron chi connectivity index (χ3n) is 10.7. The maximum Gasteiger partial charge on any atom is 0.319 e. The van der Waals surface area contributed by atoms with Crippen molar-refractivity contribution in [2.75, 3.05) is 44.3 Å². The number of nitrogens with two attached hydrogens (primary N) is 1. The van der Waals surface area contributed by atoms with Crippen molar-refractivity contribution in [1.82, 2.24) is 25.2 Å². The Morgan fingerprint density at radius 1 is 1.19 bits per heavy atom. The monoisotopic (exact) mass is 641 g/mol. The number of nitrogens with one attached hydrogen (secondary N) is 1. The minimum atomic E-state index is -0.773. The molecule has 0 bridgehead atoms. The lowest BCUT2D eigenvalue weighted by atomic mass is 9.95. The van der Waals surface area contributed by atoms with Crippen molar-refractivity contribution in [3.63, 3.8) is 0 Å². The van der Waals surface area contributed by atoms with E-state index in [1.54, 1.807) is 0 Å². The van der Waals surface area contributed by atoms with E-state index in [1.165, 1.54) is 24.3 Å². The molecule has 4 aliphatic rings. The molecule has 0 saturated carbocycles. The molecule has 0 amide bonds. The molecular weight excluding hydrogens is 604 g/mol. The molecule has 4 N–H and O–H groups in total. The predicted molar refractivity (Wildman–Crippen MR) is 175 cm³/mol. The molecule has 4 atom stereocenters. The van der Waals surface area contributed by atoms with Crippen LogP contribution in [-0.4, -0.2) is 88.0 Å². The Morgan fingerprint density at radius 2 is 2.06 bits per heavy atom. The van der Waals surface area contributed by atoms with E-state index in [-0.39, 0.29) is 69.6 Å². The molecule has 3 saturated heterocycles. The number of ether oxygens (including phenoxy) is 2. The van der Waals surface area contributed by atoms with Gasteiger partial charge in [-0.05, 0) is 62.2 Å². The largest absolute Gasteiger partial charge is 0.508 e. The predicted octanol–water partition coefficient (Wildman–Crippen LogP) is 4.09. The Balaban J connectivity index is 1.32. The molecule has 6 heterocycles. The fourth-order valence-electron chi connectivity index (χ4n) is 8.41. The fraction of sp³-hybridized carbons (Fsp3) is 0.457. The first-order valence-corrected chi connectivity index (χ1v) is 16.4. The number of hydrogen-bond donors (Lipinski definition) is 3. The number of rotatable bonds is 6. The van der Waals surface area contributed by atoms with Gasteiger partial charge >= 0.3 is 6.01 Å². The molecule has 3 fully saturated rings. The fourth-order valence-corrected chi connectivity index (χ4v) is 8.41. The maximum atomic E-state index is 17.1. The molecule has 8 rings (SSSR count). The second kappa shape index (κ2) is 11.4. The molecule has 10 nitrogen and oxygen atoms in total. The number of phenols is 1. The summed E-state index contributed by atoms with van der Waals surface area (Å²) in [6.07, 6.45) is 10.6. The zero-order chi connectivity index (χ0) is 32.4. The van der Waals surface area contributed by atoms with Crippen LogP contribution in [0.25, 0.3) is 32.9 Å². The summed E-state index contributed by atoms with van der Waals surface area (Å²) in [5, 5.41) is 15.3. The summed E-state index contributed by atoms with van der Waals surface area (Å²) in [6, 6.07) is 5.89. The Morgan fingerprint density at radius 3 is 2.87 bits per heavy atom. The van der Waals surface area contributed by atoms with Gasteiger partial charge in [0.1, 0.15) is 47.2 Å². The van der Waals surface area contributed by atoms with E-state index < -0.39 is 11.6 Å². The number of pyridine rings is 1. The Kier molecular flexibility index (Phi) is 7.31. The minimum Gasteiger partial charge on any atom is -0.508 e. The van der Waals surface area contributed by atoms with Crippen LogP contribution in [0.3, 0.4) is 0 Å². The van der Waals surface area contributed by atoms with Crippen LogP contribution >= 0.6 is 0 Å². The Bertz CT molecular complexity index is 1950. The van der Waals surface area contributed by atoms with Crippen molar-refractivity contribution in [3.8, 4) is 41.2 Å². The van der Waals surface area contributed by atoms with Gasteiger partial charge in [-0.15, -0.1) is 6.42 Å². The van der Waals surface area contributed by atoms with Gasteiger partial charge in [0.15, 0.2) is 5.82 Å². The number of halogens is 2. The summed E-state index contributed by atoms with van der Waals surface area (Å²) in [5.74, 6) is 1.49. The van der Waals surface area contributed by atoms with Gasteiger partial charge in [0.25, 0.3) is 0 Å². The summed E-state index contributed by atoms with van der Waals surface area (Å²) in [7, 11) is 0. The first-order valence-electron chi connectivity index (χ1n) is 16.4. The molecule has 4 aromatic rings. The van der Waals surface area contributed by atoms with Gasteiger partial charge in [0.05, 0.1) is 17.1 Å². The van der Waals surface area contributed by atoms with Crippen molar-refractivity contribution < 1.29 is 23.4 Å². The van der Waals surface area contributed by atoms with Crippen LogP contribution in [0.4, 0.5) is 14.6 Å². The van der Waals surface area contributed by atoms with E-state index in [9.17, 15) is 9.50 Å². The summed E-state index contributed by atoms with van der Waals surface area (Å²) in [4.78, 5) is 18.9. The molecule has 0 unspecified atom stereocenters. The molecule has 0 radical (unpaired) electrons. The molecule has 12 heteroatoms. The standard InChI is InChI=1S/C35H37F2N7O3/c1-3-22-24(36)7-6-19-14-21(45)15-23(27(19)22)30-29(37)31-28-32(43-13-11-39-25(4-2)26(43)17-46-33(28)40-30)42-34(41-31)47-18-35-9-5-12-44(35)20(16-38)8-10-35/h1,6-7,14-15,20,25-26,39,45H,4-5,8-13,16-18,38H2,2H3/t20-,25-,26+,35-/m0/s1. The van der Waals surface area contributed by atoms with Crippen molar-refractivity contribution >= 4 is 27.5 Å². The minimum absolute atomic E-state index is 0.0283. The van der Waals surface area contributed by atoms with E-state index in [0.717, 1.165) is 38.6 Å². The zero-order valence-corrected chi connectivity index (χ0v) is 26.2. The molecule has 2 aromatic carbocycles. The van der Waals surface area contributed by atoms with Gasteiger partial charge in [-0.2, -0.15) is 9.97 Å². The second-order valence-electron chi connectivity index (χ2n) is 13.1. The number of terminal acetylenes is 1. The number of hydrogen-bond acceptors (Lipinski definition) is 10. The number of anilines is 1. The lowest BCUT2D eigenvalue weighted by molar-refractivity contribution is 0.0865. The van der Waals surface area contributed by atoms with Crippen LogP contribution < -0.4 is 25.4 Å². The van der Waals surface area contributed by atoms with E-state index in [4.69, 9.17) is 26.6 Å². The van der Waals surface area contributed by atoms with Gasteiger partial charge < -0.3 is 30.5 Å². The van der Waals surface area contributed by atoms with Gasteiger partial charge in [-0.1, -0.05) is 18.9 Å². The van der Waals surface area contributed by atoms with Crippen LogP contribution in [0.1, 0.15) is 44.6 Å². The highest BCUT2D eigenvalue weighted by Gasteiger charge is 2.49. The van der Waals surface area contributed by atoms with Crippen LogP contribution in [0.2, 0.25) is 0 Å². The first-order chi connectivity index (χ1) is 22.9. The van der Waals surface area contributed by atoms with Crippen molar-refractivity contribution in [3.05, 3.63) is 41.5 Å². The molecule has 0 spiro atoms. The molecule has 4 aliphatic heterocycles. The lowest BCUT2D eigenvalue weighted by Gasteiger charge is -2.41. The Hall–Kier alpha value is -4.31. The zero-order valence-electron chi connectivity index (χ0n) is 26.2. The third-order valence-corrected chi connectivity index (χ3v) is 10.7. The average Bonchev–Trinajstić information content (AvgIpc) is 3.60. The molecular formula is C35H37F2N7O3. The number of aromatic nitrogens is 3. The van der Waals surface area contributed by atoms with Gasteiger partial charge in [-0.3, -0.25) is 4.90 Å². The van der Waals surface area contributed by atoms with Gasteiger partial charge in [0, 0.05) is 42.7 Å². The number of fused-ring (bicyclic) bond motifs is 4. The van der Waals surface area contributed by atoms with E-state index >= 15 is 4.39 Å². The molecule has 0 aliphatic carbocycles. The van der Waals surface area contributed by atoms with Crippen molar-refractivity contribution in [1.29, 1.82) is 0 Å². The maximum absolute atomic E-state index is 17.1. The SMILES string of the molecule is C#Cc1c(F)ccc2cc(O)cc(-c3nc4c5c(nc(OC[C@@]67CCCN6[C@H](CN)CC7)nc5c3F)N3CCN[C@@H](CC)[C@H]3CO4)c12. The topological polar surface area (TPSA) is 122 Å². The van der Waals surface area contributed by atoms with Crippen LogP contribution in [-0.2, 0) is 0 Å². The summed E-state index contributed by atoms with van der Waals surface area (Å²) in [6.45, 7) is 5.65. The van der Waals surface area contributed by atoms with Crippen LogP contribution in [0, 0.1) is 24.0 Å². The molecule has 47 heavy (non-hydrogen) atoms. The average molecular weight is 642 g/mol. The van der Waals surface area contributed by atoms with Crippen molar-refractivity contribution in [2.45, 2.75) is 62.7 Å². The quantitative estimate of drug-likeness (QED) is 0.266. The highest BCUT2D eigenvalue weighted by Crippen LogP contribution is 2.45. The third kappa shape index (κ3) is 4.66. The highest BCUT2D eigenvalue weighted by atomic mass is 19.1. The van der Waals surface area contributed by atoms with E-state index in [0.29, 0.717) is 48.9 Å². The molecule has 244 valence electrons. The lowest BCUT2D eigenvalue weighted by Crippen LogP contribution is -2.60. The van der Waals surface area contributed by atoms with Crippen LogP contribution in [0.15, 0.2) is 24.3 Å². The number of piperazine rings is 1. The summed E-state index contributed by atoms with van der Waals surface area (Å²) >= 11 is 0. The van der Waals surface area contributed by atoms with E-state index in [1.807, 2.05) is 0 Å². The molecule has 2 aromatic heterocycles.